The molecule has 1 unspecified atom stereocenters. The highest BCUT2D eigenvalue weighted by atomic mass is 35.5. The molecule has 1 aliphatic heterocycles. The van der Waals surface area contributed by atoms with Gasteiger partial charge in [0.1, 0.15) is 0 Å². The van der Waals surface area contributed by atoms with Gasteiger partial charge in [-0.25, -0.2) is 8.42 Å². The number of nitrogens with one attached hydrogen (secondary N) is 1. The molecule has 0 spiro atoms. The molecule has 0 radical (unpaired) electrons. The third kappa shape index (κ3) is 2.84. The van der Waals surface area contributed by atoms with E-state index in [-0.39, 0.29) is 17.5 Å². The van der Waals surface area contributed by atoms with Crippen molar-refractivity contribution in [3.8, 4) is 0 Å². The Bertz CT molecular complexity index is 543. The van der Waals surface area contributed by atoms with E-state index in [2.05, 4.69) is 5.32 Å². The van der Waals surface area contributed by atoms with Crippen LogP contribution in [0.4, 0.5) is 11.4 Å². The molecule has 0 aliphatic carbocycles. The number of anilines is 2. The first-order valence-corrected chi connectivity index (χ1v) is 7.60. The van der Waals surface area contributed by atoms with E-state index in [0.717, 1.165) is 11.3 Å². The Labute approximate surface area is 106 Å². The number of nitrogens with two attached hydrogens (primary N) is 1. The van der Waals surface area contributed by atoms with Crippen LogP contribution in [0.2, 0.25) is 5.02 Å². The molecular weight excluding hydrogens is 260 g/mol. The summed E-state index contributed by atoms with van der Waals surface area (Å²) in [6.45, 7) is 1.92. The molecule has 0 amide bonds. The molecule has 1 saturated heterocycles. The van der Waals surface area contributed by atoms with Gasteiger partial charge in [0.25, 0.3) is 0 Å². The van der Waals surface area contributed by atoms with Gasteiger partial charge >= 0.3 is 0 Å². The van der Waals surface area contributed by atoms with Crippen molar-refractivity contribution in [1.29, 1.82) is 0 Å². The lowest BCUT2D eigenvalue weighted by molar-refractivity contribution is 0.602. The highest BCUT2D eigenvalue weighted by Gasteiger charge is 2.27. The smallest absolute Gasteiger partial charge is 0.152 e. The van der Waals surface area contributed by atoms with Gasteiger partial charge < -0.3 is 11.1 Å². The first-order valence-electron chi connectivity index (χ1n) is 5.40. The number of hydrogen-bond donors (Lipinski definition) is 2. The largest absolute Gasteiger partial charge is 0.398 e. The molecule has 1 fully saturated rings. The van der Waals surface area contributed by atoms with E-state index in [1.54, 1.807) is 12.1 Å². The molecule has 4 nitrogen and oxygen atoms in total. The van der Waals surface area contributed by atoms with Crippen LogP contribution in [0, 0.1) is 6.92 Å². The Balaban J connectivity index is 2.17. The zero-order valence-electron chi connectivity index (χ0n) is 9.53. The summed E-state index contributed by atoms with van der Waals surface area (Å²) in [5, 5.41) is 3.70. The second kappa shape index (κ2) is 4.38. The van der Waals surface area contributed by atoms with Gasteiger partial charge in [0.05, 0.1) is 22.2 Å². The molecule has 1 heterocycles. The van der Waals surface area contributed by atoms with Crippen molar-refractivity contribution >= 4 is 32.8 Å². The number of rotatable bonds is 2. The zero-order valence-corrected chi connectivity index (χ0v) is 11.1. The summed E-state index contributed by atoms with van der Waals surface area (Å²) in [5.41, 5.74) is 8.04. The van der Waals surface area contributed by atoms with Gasteiger partial charge in [-0.05, 0) is 31.0 Å². The van der Waals surface area contributed by atoms with E-state index in [9.17, 15) is 8.42 Å². The predicted molar refractivity (Wildman–Crippen MR) is 71.3 cm³/mol. The number of halogens is 1. The maximum Gasteiger partial charge on any atom is 0.152 e. The summed E-state index contributed by atoms with van der Waals surface area (Å²) >= 11 is 5.94. The van der Waals surface area contributed by atoms with Gasteiger partial charge in [-0.2, -0.15) is 0 Å². The Kier molecular flexibility index (Phi) is 3.23. The molecule has 6 heteroatoms. The Morgan fingerprint density at radius 2 is 2.18 bits per heavy atom. The maximum absolute atomic E-state index is 11.4. The topological polar surface area (TPSA) is 72.2 Å². The molecule has 94 valence electrons. The van der Waals surface area contributed by atoms with Crippen LogP contribution < -0.4 is 11.1 Å². The van der Waals surface area contributed by atoms with Crippen LogP contribution in [0.5, 0.6) is 0 Å². The average molecular weight is 275 g/mol. The highest BCUT2D eigenvalue weighted by Crippen LogP contribution is 2.28. The molecule has 1 aromatic carbocycles. The van der Waals surface area contributed by atoms with Crippen LogP contribution in [-0.4, -0.2) is 26.0 Å². The Hall–Kier alpha value is -0.940. The van der Waals surface area contributed by atoms with Crippen molar-refractivity contribution < 1.29 is 8.42 Å². The quantitative estimate of drug-likeness (QED) is 0.807. The van der Waals surface area contributed by atoms with E-state index >= 15 is 0 Å². The molecule has 1 aliphatic rings. The third-order valence-corrected chi connectivity index (χ3v) is 5.03. The van der Waals surface area contributed by atoms with Gasteiger partial charge in [0, 0.05) is 11.7 Å². The molecule has 0 saturated carbocycles. The van der Waals surface area contributed by atoms with Gasteiger partial charge in [-0.1, -0.05) is 11.6 Å². The SMILES string of the molecule is Cc1cc(N)c(Cl)cc1NC1CCS(=O)(=O)C1. The minimum absolute atomic E-state index is 0.0293. The average Bonchev–Trinajstić information content (AvgIpc) is 2.54. The van der Waals surface area contributed by atoms with Crippen molar-refractivity contribution in [3.05, 3.63) is 22.7 Å². The van der Waals surface area contributed by atoms with Gasteiger partial charge in [-0.15, -0.1) is 0 Å². The van der Waals surface area contributed by atoms with Gasteiger partial charge in [0.15, 0.2) is 9.84 Å². The van der Waals surface area contributed by atoms with Crippen LogP contribution in [0.1, 0.15) is 12.0 Å². The summed E-state index contributed by atoms with van der Waals surface area (Å²) in [6, 6.07) is 3.50. The number of sulfone groups is 1. The fourth-order valence-corrected chi connectivity index (χ4v) is 3.83. The Morgan fingerprint density at radius 1 is 1.47 bits per heavy atom. The van der Waals surface area contributed by atoms with Crippen molar-refractivity contribution in [2.45, 2.75) is 19.4 Å². The minimum Gasteiger partial charge on any atom is -0.398 e. The fourth-order valence-electron chi connectivity index (χ4n) is 1.99. The first-order chi connectivity index (χ1) is 7.87. The third-order valence-electron chi connectivity index (χ3n) is 2.94. The van der Waals surface area contributed by atoms with E-state index in [4.69, 9.17) is 17.3 Å². The van der Waals surface area contributed by atoms with Crippen LogP contribution in [0.25, 0.3) is 0 Å². The molecule has 0 bridgehead atoms. The normalized spacial score (nSPS) is 22.6. The number of aryl methyl sites for hydroxylation is 1. The first kappa shape index (κ1) is 12.5. The Morgan fingerprint density at radius 3 is 2.76 bits per heavy atom. The molecule has 0 aromatic heterocycles. The summed E-state index contributed by atoms with van der Waals surface area (Å²) in [4.78, 5) is 0. The zero-order chi connectivity index (χ0) is 12.6. The summed E-state index contributed by atoms with van der Waals surface area (Å²) in [6.07, 6.45) is 0.643. The lowest BCUT2D eigenvalue weighted by atomic mass is 10.1. The lowest BCUT2D eigenvalue weighted by Crippen LogP contribution is -2.21. The molecule has 1 aromatic rings. The summed E-state index contributed by atoms with van der Waals surface area (Å²) in [5.74, 6) is 0.445. The van der Waals surface area contributed by atoms with Crippen molar-refractivity contribution in [2.24, 2.45) is 0 Å². The standard InChI is InChI=1S/C11H15ClN2O2S/c1-7-4-10(13)9(12)5-11(7)14-8-2-3-17(15,16)6-8/h4-5,8,14H,2-3,6,13H2,1H3. The summed E-state index contributed by atoms with van der Waals surface area (Å²) in [7, 11) is -2.87. The highest BCUT2D eigenvalue weighted by molar-refractivity contribution is 7.91. The predicted octanol–water partition coefficient (Wildman–Crippen LogP) is 1.83. The number of hydrogen-bond acceptors (Lipinski definition) is 4. The molecule has 17 heavy (non-hydrogen) atoms. The second-order valence-corrected chi connectivity index (χ2v) is 7.07. The van der Waals surface area contributed by atoms with Gasteiger partial charge in [0.2, 0.25) is 0 Å². The number of benzene rings is 1. The van der Waals surface area contributed by atoms with Gasteiger partial charge in [-0.3, -0.25) is 0 Å². The van der Waals surface area contributed by atoms with Crippen LogP contribution in [-0.2, 0) is 9.84 Å². The van der Waals surface area contributed by atoms with Crippen molar-refractivity contribution in [3.63, 3.8) is 0 Å². The molecular formula is C11H15ClN2O2S. The summed E-state index contributed by atoms with van der Waals surface area (Å²) < 4.78 is 22.7. The minimum atomic E-state index is -2.87. The van der Waals surface area contributed by atoms with E-state index in [1.165, 1.54) is 0 Å². The lowest BCUT2D eigenvalue weighted by Gasteiger charge is -2.15. The monoisotopic (exact) mass is 274 g/mol. The number of nitrogen functional groups attached to an aromatic ring is 1. The van der Waals surface area contributed by atoms with E-state index < -0.39 is 9.84 Å². The van der Waals surface area contributed by atoms with Crippen LogP contribution in [0.3, 0.4) is 0 Å². The van der Waals surface area contributed by atoms with E-state index in [1.807, 2.05) is 6.92 Å². The van der Waals surface area contributed by atoms with Crippen LogP contribution in [0.15, 0.2) is 12.1 Å². The fraction of sp³-hybridized carbons (Fsp3) is 0.455. The molecule has 2 rings (SSSR count). The van der Waals surface area contributed by atoms with Crippen LogP contribution >= 0.6 is 11.6 Å². The van der Waals surface area contributed by atoms with E-state index in [0.29, 0.717) is 17.1 Å². The van der Waals surface area contributed by atoms with Crippen molar-refractivity contribution in [1.82, 2.24) is 0 Å². The second-order valence-electron chi connectivity index (χ2n) is 4.43. The maximum atomic E-state index is 11.4. The molecule has 1 atom stereocenters. The van der Waals surface area contributed by atoms with Crippen molar-refractivity contribution in [2.75, 3.05) is 22.6 Å². The molecule has 3 N–H and O–H groups in total.